The fourth-order valence-electron chi connectivity index (χ4n) is 2.07. The van der Waals surface area contributed by atoms with Gasteiger partial charge in [-0.25, -0.2) is 9.36 Å². The number of rotatable bonds is 0. The minimum Gasteiger partial charge on any atom is -0.248 e. The van der Waals surface area contributed by atoms with Gasteiger partial charge in [0.25, 0.3) is 0 Å². The van der Waals surface area contributed by atoms with Crippen LogP contribution in [0.1, 0.15) is 22.8 Å². The van der Waals surface area contributed by atoms with E-state index in [9.17, 15) is 0 Å². The minimum absolute atomic E-state index is 0.734. The highest BCUT2D eigenvalue weighted by molar-refractivity contribution is 5.15. The van der Waals surface area contributed by atoms with Crippen molar-refractivity contribution in [1.29, 1.82) is 0 Å². The van der Waals surface area contributed by atoms with Crippen molar-refractivity contribution < 1.29 is 0 Å². The van der Waals surface area contributed by atoms with E-state index >= 15 is 0 Å². The van der Waals surface area contributed by atoms with E-state index < -0.39 is 0 Å². The summed E-state index contributed by atoms with van der Waals surface area (Å²) in [6.45, 7) is 4.92. The van der Waals surface area contributed by atoms with E-state index in [1.165, 1.54) is 22.8 Å². The van der Waals surface area contributed by atoms with Crippen LogP contribution in [0.5, 0.6) is 0 Å². The van der Waals surface area contributed by atoms with Crippen LogP contribution in [0.3, 0.4) is 0 Å². The highest BCUT2D eigenvalue weighted by Crippen LogP contribution is 2.13. The van der Waals surface area contributed by atoms with Crippen LogP contribution in [0.25, 0.3) is 0 Å². The summed E-state index contributed by atoms with van der Waals surface area (Å²) in [5.74, 6) is 0. The second kappa shape index (κ2) is 2.95. The molecule has 2 aromatic heterocycles. The summed E-state index contributed by atoms with van der Waals surface area (Å²) in [6.07, 6.45) is 1.98. The first-order valence-electron chi connectivity index (χ1n) is 5.29. The normalized spacial score (nSPS) is 14.5. The lowest BCUT2D eigenvalue weighted by molar-refractivity contribution is 0.483. The molecule has 4 heteroatoms. The van der Waals surface area contributed by atoms with Crippen molar-refractivity contribution in [3.63, 3.8) is 0 Å². The molecular formula is C11H14N4. The molecule has 0 N–H and O–H groups in total. The Morgan fingerprint density at radius 2 is 1.40 bits per heavy atom. The Hall–Kier alpha value is -1.58. The Labute approximate surface area is 88.5 Å². The molecule has 1 aliphatic heterocycles. The van der Waals surface area contributed by atoms with Crippen LogP contribution in [-0.2, 0) is 19.5 Å². The highest BCUT2D eigenvalue weighted by atomic mass is 15.4. The topological polar surface area (TPSA) is 35.6 Å². The van der Waals surface area contributed by atoms with E-state index in [0.717, 1.165) is 19.5 Å². The Kier molecular flexibility index (Phi) is 1.71. The maximum Gasteiger partial charge on any atom is 0.133 e. The second-order valence-electron chi connectivity index (χ2n) is 4.19. The Morgan fingerprint density at radius 1 is 0.933 bits per heavy atom. The van der Waals surface area contributed by atoms with E-state index in [2.05, 4.69) is 36.2 Å². The average Bonchev–Trinajstić information content (AvgIpc) is 2.72. The summed E-state index contributed by atoms with van der Waals surface area (Å²) in [6, 6.07) is 4.34. The van der Waals surface area contributed by atoms with Crippen LogP contribution in [0.4, 0.5) is 0 Å². The number of fused-ring (bicyclic) bond motifs is 4. The predicted octanol–water partition coefficient (Wildman–Crippen LogP) is 1.30. The summed E-state index contributed by atoms with van der Waals surface area (Å²) in [5, 5.41) is 9.11. The Bertz CT molecular complexity index is 460. The van der Waals surface area contributed by atoms with Gasteiger partial charge in [-0.05, 0) is 38.8 Å². The molecule has 2 aromatic rings. The van der Waals surface area contributed by atoms with E-state index in [-0.39, 0.29) is 0 Å². The molecule has 3 heterocycles. The molecule has 0 fully saturated rings. The largest absolute Gasteiger partial charge is 0.248 e. The molecule has 0 aliphatic carbocycles. The zero-order chi connectivity index (χ0) is 10.4. The first-order chi connectivity index (χ1) is 7.22. The van der Waals surface area contributed by atoms with E-state index in [1.54, 1.807) is 0 Å². The van der Waals surface area contributed by atoms with Crippen molar-refractivity contribution in [2.24, 2.45) is 0 Å². The molecule has 0 spiro atoms. The summed E-state index contributed by atoms with van der Waals surface area (Å²) >= 11 is 0. The van der Waals surface area contributed by atoms with Crippen LogP contribution in [0.15, 0.2) is 12.1 Å². The molecule has 3 rings (SSSR count). The maximum absolute atomic E-state index is 4.56. The number of hydrogen-bond donors (Lipinski definition) is 0. The third-order valence-corrected chi connectivity index (χ3v) is 2.97. The summed E-state index contributed by atoms with van der Waals surface area (Å²) in [7, 11) is 0. The van der Waals surface area contributed by atoms with Crippen molar-refractivity contribution in [2.45, 2.75) is 33.4 Å². The van der Waals surface area contributed by atoms with Crippen LogP contribution in [0.2, 0.25) is 0 Å². The fraction of sp³-hybridized carbons (Fsp3) is 0.455. The third-order valence-electron chi connectivity index (χ3n) is 2.97. The van der Waals surface area contributed by atoms with E-state index in [1.807, 2.05) is 9.36 Å². The highest BCUT2D eigenvalue weighted by Gasteiger charge is 2.12. The molecule has 0 atom stereocenters. The standard InChI is InChI=1S/C11H14N4/c1-8-5-10-3-4-11-6-9(2)15(13-11)7-14(8)12-10/h5-6H,3-4,7H2,1-2H3. The van der Waals surface area contributed by atoms with Gasteiger partial charge < -0.3 is 0 Å². The van der Waals surface area contributed by atoms with Crippen molar-refractivity contribution in [1.82, 2.24) is 19.6 Å². The van der Waals surface area contributed by atoms with Crippen molar-refractivity contribution >= 4 is 0 Å². The van der Waals surface area contributed by atoms with Gasteiger partial charge in [-0.1, -0.05) is 0 Å². The van der Waals surface area contributed by atoms with Gasteiger partial charge in [0.05, 0.1) is 11.4 Å². The van der Waals surface area contributed by atoms with Crippen molar-refractivity contribution in [3.05, 3.63) is 34.9 Å². The van der Waals surface area contributed by atoms with Gasteiger partial charge in [0.15, 0.2) is 0 Å². The summed E-state index contributed by atoms with van der Waals surface area (Å²) in [5.41, 5.74) is 4.77. The van der Waals surface area contributed by atoms with Gasteiger partial charge in [-0.15, -0.1) is 0 Å². The molecule has 0 radical (unpaired) electrons. The monoisotopic (exact) mass is 202 g/mol. The molecule has 1 aliphatic rings. The maximum atomic E-state index is 4.56. The first-order valence-corrected chi connectivity index (χ1v) is 5.29. The molecule has 78 valence electrons. The molecule has 4 bridgehead atoms. The Balaban J connectivity index is 2.13. The lowest BCUT2D eigenvalue weighted by Crippen LogP contribution is -2.13. The minimum atomic E-state index is 0.734. The van der Waals surface area contributed by atoms with Gasteiger partial charge in [-0.3, -0.25) is 0 Å². The number of aryl methyl sites for hydroxylation is 4. The smallest absolute Gasteiger partial charge is 0.133 e. The number of nitrogens with zero attached hydrogens (tertiary/aromatic N) is 4. The van der Waals surface area contributed by atoms with Gasteiger partial charge >= 0.3 is 0 Å². The second-order valence-corrected chi connectivity index (χ2v) is 4.19. The molecule has 0 aromatic carbocycles. The van der Waals surface area contributed by atoms with E-state index in [0.29, 0.717) is 0 Å². The van der Waals surface area contributed by atoms with Crippen LogP contribution < -0.4 is 0 Å². The number of aromatic nitrogens is 4. The van der Waals surface area contributed by atoms with Gasteiger partial charge in [0, 0.05) is 11.4 Å². The van der Waals surface area contributed by atoms with E-state index in [4.69, 9.17) is 0 Å². The SMILES string of the molecule is Cc1cc2nn1Cn1nc(cc1C)CC2. The van der Waals surface area contributed by atoms with Gasteiger partial charge in [0.2, 0.25) is 0 Å². The van der Waals surface area contributed by atoms with Crippen molar-refractivity contribution in [3.8, 4) is 0 Å². The first kappa shape index (κ1) is 8.71. The number of hydrogen-bond acceptors (Lipinski definition) is 2. The average molecular weight is 202 g/mol. The van der Waals surface area contributed by atoms with Crippen molar-refractivity contribution in [2.75, 3.05) is 0 Å². The zero-order valence-electron chi connectivity index (χ0n) is 9.06. The molecule has 0 amide bonds. The summed E-state index contributed by atoms with van der Waals surface area (Å²) < 4.78 is 4.04. The molecule has 0 unspecified atom stereocenters. The van der Waals surface area contributed by atoms with Crippen LogP contribution >= 0.6 is 0 Å². The van der Waals surface area contributed by atoms with Crippen LogP contribution in [-0.4, -0.2) is 19.6 Å². The molecule has 15 heavy (non-hydrogen) atoms. The molecule has 0 saturated carbocycles. The van der Waals surface area contributed by atoms with Gasteiger partial charge in [-0.2, -0.15) is 10.2 Å². The Morgan fingerprint density at radius 3 is 1.87 bits per heavy atom. The molecular weight excluding hydrogens is 188 g/mol. The third kappa shape index (κ3) is 1.37. The molecule has 0 saturated heterocycles. The molecule has 4 nitrogen and oxygen atoms in total. The summed E-state index contributed by atoms with van der Waals surface area (Å²) in [4.78, 5) is 0. The lowest BCUT2D eigenvalue weighted by Gasteiger charge is -2.06. The van der Waals surface area contributed by atoms with Crippen LogP contribution in [0, 0.1) is 13.8 Å². The quantitative estimate of drug-likeness (QED) is 0.645. The van der Waals surface area contributed by atoms with Gasteiger partial charge in [0.1, 0.15) is 6.67 Å². The zero-order valence-corrected chi connectivity index (χ0v) is 9.06. The predicted molar refractivity (Wildman–Crippen MR) is 56.7 cm³/mol. The fourth-order valence-corrected chi connectivity index (χ4v) is 2.07. The lowest BCUT2D eigenvalue weighted by atomic mass is 10.2.